The fourth-order valence-corrected chi connectivity index (χ4v) is 3.10. The highest BCUT2D eigenvalue weighted by atomic mass is 127. The van der Waals surface area contributed by atoms with Crippen LogP contribution in [0.15, 0.2) is 35.7 Å². The van der Waals surface area contributed by atoms with Crippen LogP contribution in [-0.4, -0.2) is 23.8 Å². The van der Waals surface area contributed by atoms with Gasteiger partial charge in [0.2, 0.25) is 5.91 Å². The first-order chi connectivity index (χ1) is 9.97. The summed E-state index contributed by atoms with van der Waals surface area (Å²) in [6.07, 6.45) is 0. The zero-order valence-electron chi connectivity index (χ0n) is 11.7. The topological polar surface area (TPSA) is 49.4 Å². The lowest BCUT2D eigenvalue weighted by Crippen LogP contribution is -2.24. The van der Waals surface area contributed by atoms with E-state index >= 15 is 0 Å². The van der Waals surface area contributed by atoms with Crippen molar-refractivity contribution >= 4 is 51.4 Å². The van der Waals surface area contributed by atoms with E-state index in [4.69, 9.17) is 0 Å². The second-order valence-corrected chi connectivity index (χ2v) is 7.43. The maximum atomic E-state index is 12.2. The number of carbonyl (C=O) groups is 2. The van der Waals surface area contributed by atoms with Crippen LogP contribution < -0.4 is 5.32 Å². The molecule has 0 aliphatic rings. The molecule has 6 heteroatoms. The first-order valence-electron chi connectivity index (χ1n) is 6.32. The van der Waals surface area contributed by atoms with E-state index < -0.39 is 0 Å². The number of hydrogen-bond donors (Lipinski definition) is 1. The Kier molecular flexibility index (Phi) is 5.35. The first kappa shape index (κ1) is 16.0. The van der Waals surface area contributed by atoms with Gasteiger partial charge in [0.25, 0.3) is 5.91 Å². The van der Waals surface area contributed by atoms with Crippen LogP contribution in [0.2, 0.25) is 0 Å². The smallest absolute Gasteiger partial charge is 0.256 e. The first-order valence-corrected chi connectivity index (χ1v) is 8.28. The minimum Gasteiger partial charge on any atom is -0.342 e. The number of carbonyl (C=O) groups excluding carboxylic acids is 2. The molecule has 0 aliphatic heterocycles. The summed E-state index contributed by atoms with van der Waals surface area (Å²) in [5.74, 6) is -0.143. The summed E-state index contributed by atoms with van der Waals surface area (Å²) in [5.41, 5.74) is 2.30. The monoisotopic (exact) mass is 414 g/mol. The molecule has 1 aromatic heterocycles. The Morgan fingerprint density at radius 1 is 1.33 bits per heavy atom. The normalized spacial score (nSPS) is 10.2. The summed E-state index contributed by atoms with van der Waals surface area (Å²) in [6, 6.07) is 9.37. The Bertz CT molecular complexity index is 669. The molecule has 0 radical (unpaired) electrons. The van der Waals surface area contributed by atoms with Crippen molar-refractivity contribution < 1.29 is 9.59 Å². The Hall–Kier alpha value is -1.41. The summed E-state index contributed by atoms with van der Waals surface area (Å²) < 4.78 is 1.07. The van der Waals surface area contributed by atoms with Gasteiger partial charge >= 0.3 is 0 Å². The molecule has 1 heterocycles. The Balaban J connectivity index is 2.16. The molecule has 1 N–H and O–H groups in total. The highest BCUT2D eigenvalue weighted by molar-refractivity contribution is 14.1. The second kappa shape index (κ2) is 7.04. The number of nitrogens with zero attached hydrogens (tertiary/aromatic N) is 1. The second-order valence-electron chi connectivity index (χ2n) is 4.63. The SMILES string of the molecule is CC(=O)N(C)Cc1ccccc1NC(=O)c1csc(I)c1. The van der Waals surface area contributed by atoms with Crippen molar-refractivity contribution in [2.45, 2.75) is 13.5 Å². The highest BCUT2D eigenvalue weighted by Crippen LogP contribution is 2.21. The molecule has 2 aromatic rings. The van der Waals surface area contributed by atoms with Gasteiger partial charge in [0, 0.05) is 31.6 Å². The minimum absolute atomic E-state index is 0.0106. The predicted octanol–water partition coefficient (Wildman–Crippen LogP) is 3.58. The molecule has 0 aliphatic carbocycles. The number of rotatable bonds is 4. The van der Waals surface area contributed by atoms with E-state index in [9.17, 15) is 9.59 Å². The van der Waals surface area contributed by atoms with Crippen LogP contribution in [0.1, 0.15) is 22.8 Å². The van der Waals surface area contributed by atoms with Crippen LogP contribution in [0.3, 0.4) is 0 Å². The Morgan fingerprint density at radius 2 is 2.05 bits per heavy atom. The van der Waals surface area contributed by atoms with E-state index in [0.29, 0.717) is 12.1 Å². The fourth-order valence-electron chi connectivity index (χ4n) is 1.77. The molecule has 21 heavy (non-hydrogen) atoms. The summed E-state index contributed by atoms with van der Waals surface area (Å²) in [7, 11) is 1.74. The maximum absolute atomic E-state index is 12.2. The molecule has 0 saturated heterocycles. The number of benzene rings is 1. The fraction of sp³-hybridized carbons (Fsp3) is 0.200. The number of anilines is 1. The zero-order valence-corrected chi connectivity index (χ0v) is 14.7. The number of thiophene rings is 1. The molecule has 0 fully saturated rings. The third-order valence-electron chi connectivity index (χ3n) is 3.04. The molecule has 2 rings (SSSR count). The lowest BCUT2D eigenvalue weighted by atomic mass is 10.1. The zero-order chi connectivity index (χ0) is 15.4. The lowest BCUT2D eigenvalue weighted by Gasteiger charge is -2.17. The maximum Gasteiger partial charge on any atom is 0.256 e. The van der Waals surface area contributed by atoms with Crippen molar-refractivity contribution in [3.8, 4) is 0 Å². The van der Waals surface area contributed by atoms with Crippen LogP contribution in [-0.2, 0) is 11.3 Å². The van der Waals surface area contributed by atoms with Crippen molar-refractivity contribution in [1.29, 1.82) is 0 Å². The van der Waals surface area contributed by atoms with Crippen molar-refractivity contribution in [2.75, 3.05) is 12.4 Å². The molecule has 0 unspecified atom stereocenters. The third-order valence-corrected chi connectivity index (χ3v) is 4.83. The van der Waals surface area contributed by atoms with Gasteiger partial charge in [-0.3, -0.25) is 9.59 Å². The molecule has 1 aromatic carbocycles. The molecular weight excluding hydrogens is 399 g/mol. The molecule has 4 nitrogen and oxygen atoms in total. The highest BCUT2D eigenvalue weighted by Gasteiger charge is 2.12. The lowest BCUT2D eigenvalue weighted by molar-refractivity contribution is -0.128. The standard InChI is InChI=1S/C15H15IN2O2S/c1-10(19)18(2)8-11-5-3-4-6-13(11)17-15(20)12-7-14(16)21-9-12/h3-7,9H,8H2,1-2H3,(H,17,20). The number of nitrogens with one attached hydrogen (secondary N) is 1. The van der Waals surface area contributed by atoms with E-state index in [1.807, 2.05) is 35.7 Å². The third kappa shape index (κ3) is 4.28. The van der Waals surface area contributed by atoms with Gasteiger partial charge in [0.05, 0.1) is 8.45 Å². The number of para-hydroxylation sites is 1. The number of hydrogen-bond acceptors (Lipinski definition) is 3. The average molecular weight is 414 g/mol. The predicted molar refractivity (Wildman–Crippen MR) is 93.6 cm³/mol. The van der Waals surface area contributed by atoms with Crippen LogP contribution >= 0.6 is 33.9 Å². The summed E-state index contributed by atoms with van der Waals surface area (Å²) in [6.45, 7) is 1.99. The van der Waals surface area contributed by atoms with Crippen molar-refractivity contribution in [3.63, 3.8) is 0 Å². The molecule has 0 saturated carbocycles. The van der Waals surface area contributed by atoms with Crippen LogP contribution in [0.4, 0.5) is 5.69 Å². The Morgan fingerprint density at radius 3 is 2.67 bits per heavy atom. The summed E-state index contributed by atoms with van der Waals surface area (Å²) >= 11 is 3.72. The minimum atomic E-state index is -0.132. The van der Waals surface area contributed by atoms with Gasteiger partial charge in [-0.1, -0.05) is 18.2 Å². The van der Waals surface area contributed by atoms with E-state index in [1.54, 1.807) is 11.9 Å². The van der Waals surface area contributed by atoms with Gasteiger partial charge in [-0.05, 0) is 40.3 Å². The van der Waals surface area contributed by atoms with Gasteiger partial charge in [0.1, 0.15) is 0 Å². The molecule has 0 spiro atoms. The van der Waals surface area contributed by atoms with E-state index in [-0.39, 0.29) is 11.8 Å². The quantitative estimate of drug-likeness (QED) is 0.778. The van der Waals surface area contributed by atoms with Gasteiger partial charge in [0.15, 0.2) is 0 Å². The van der Waals surface area contributed by atoms with Gasteiger partial charge in [-0.2, -0.15) is 0 Å². The van der Waals surface area contributed by atoms with Crippen LogP contribution in [0, 0.1) is 2.88 Å². The van der Waals surface area contributed by atoms with Crippen molar-refractivity contribution in [1.82, 2.24) is 4.90 Å². The summed E-state index contributed by atoms with van der Waals surface area (Å²) in [5, 5.41) is 4.75. The van der Waals surface area contributed by atoms with Crippen molar-refractivity contribution in [3.05, 3.63) is 49.7 Å². The van der Waals surface area contributed by atoms with Gasteiger partial charge in [-0.15, -0.1) is 11.3 Å². The molecular formula is C15H15IN2O2S. The van der Waals surface area contributed by atoms with Gasteiger partial charge < -0.3 is 10.2 Å². The Labute approximate surface area is 141 Å². The molecule has 2 amide bonds. The molecule has 110 valence electrons. The molecule has 0 atom stereocenters. The van der Waals surface area contributed by atoms with E-state index in [1.165, 1.54) is 18.3 Å². The van der Waals surface area contributed by atoms with Crippen LogP contribution in [0.5, 0.6) is 0 Å². The van der Waals surface area contributed by atoms with Crippen molar-refractivity contribution in [2.24, 2.45) is 0 Å². The number of halogens is 1. The van der Waals surface area contributed by atoms with Gasteiger partial charge in [-0.25, -0.2) is 0 Å². The largest absolute Gasteiger partial charge is 0.342 e. The van der Waals surface area contributed by atoms with Crippen LogP contribution in [0.25, 0.3) is 0 Å². The molecule has 0 bridgehead atoms. The van der Waals surface area contributed by atoms with E-state index in [0.717, 1.165) is 14.1 Å². The average Bonchev–Trinajstić information content (AvgIpc) is 2.87. The van der Waals surface area contributed by atoms with E-state index in [2.05, 4.69) is 27.9 Å². The number of amides is 2. The summed E-state index contributed by atoms with van der Waals surface area (Å²) in [4.78, 5) is 25.2.